The van der Waals surface area contributed by atoms with Crippen LogP contribution in [0.3, 0.4) is 0 Å². The molecule has 1 atom stereocenters. The standard InChI is InChI=1S/C33H35FN8O3.ClH/c34-27-17-25(12-13-26(27)32-38-40-41-39-32)42(33(45)23-7-3-20(18-35)4-8-23)29(31(36)44)15-19-1-5-21(6-2-19)24-10-9-22-11-14-30(43)37-28(22)16-24;/h1-2,5-6,9-10,12-13,16-17,20,23,29H,3-4,7-8,11,14-15,18,35H2,(H2,36,44)(H,37,43)(H,38,39,40,41);1H/t20?,23?,29-;/m0./s1. The van der Waals surface area contributed by atoms with Gasteiger partial charge in [-0.15, -0.1) is 22.6 Å². The van der Waals surface area contributed by atoms with Crippen LogP contribution in [-0.2, 0) is 27.2 Å². The summed E-state index contributed by atoms with van der Waals surface area (Å²) in [7, 11) is 0. The van der Waals surface area contributed by atoms with Gasteiger partial charge in [-0.05, 0) is 96.3 Å². The minimum Gasteiger partial charge on any atom is -0.368 e. The van der Waals surface area contributed by atoms with Crippen molar-refractivity contribution in [1.82, 2.24) is 20.6 Å². The Morgan fingerprint density at radius 1 is 0.978 bits per heavy atom. The van der Waals surface area contributed by atoms with Gasteiger partial charge in [0.1, 0.15) is 11.9 Å². The molecule has 13 heteroatoms. The molecule has 1 fully saturated rings. The molecule has 0 bridgehead atoms. The summed E-state index contributed by atoms with van der Waals surface area (Å²) in [6.07, 6.45) is 4.19. The number of rotatable bonds is 9. The first kappa shape index (κ1) is 32.7. The second-order valence-corrected chi connectivity index (χ2v) is 11.8. The maximum absolute atomic E-state index is 15.4. The van der Waals surface area contributed by atoms with Gasteiger partial charge < -0.3 is 16.8 Å². The minimum atomic E-state index is -1.06. The Morgan fingerprint density at radius 2 is 1.72 bits per heavy atom. The molecule has 3 amide bonds. The Labute approximate surface area is 271 Å². The molecule has 0 saturated heterocycles. The number of aryl methyl sites for hydroxylation is 1. The van der Waals surface area contributed by atoms with Crippen LogP contribution in [0.25, 0.3) is 22.5 Å². The Morgan fingerprint density at radius 3 is 2.37 bits per heavy atom. The highest BCUT2D eigenvalue weighted by Gasteiger charge is 2.36. The van der Waals surface area contributed by atoms with Crippen LogP contribution in [0, 0.1) is 17.7 Å². The quantitative estimate of drug-likeness (QED) is 0.211. The molecule has 240 valence electrons. The first-order valence-corrected chi connectivity index (χ1v) is 15.2. The van der Waals surface area contributed by atoms with Crippen molar-refractivity contribution in [1.29, 1.82) is 0 Å². The van der Waals surface area contributed by atoms with Crippen LogP contribution < -0.4 is 21.7 Å². The zero-order valence-corrected chi connectivity index (χ0v) is 25.9. The Bertz CT molecular complexity index is 1710. The molecule has 46 heavy (non-hydrogen) atoms. The number of anilines is 2. The zero-order valence-electron chi connectivity index (χ0n) is 25.1. The molecule has 1 saturated carbocycles. The molecule has 0 spiro atoms. The Kier molecular flexibility index (Phi) is 10.1. The summed E-state index contributed by atoms with van der Waals surface area (Å²) in [5.41, 5.74) is 16.7. The van der Waals surface area contributed by atoms with E-state index in [0.717, 1.165) is 40.8 Å². The van der Waals surface area contributed by atoms with E-state index >= 15 is 4.39 Å². The summed E-state index contributed by atoms with van der Waals surface area (Å²) < 4.78 is 15.4. The van der Waals surface area contributed by atoms with Crippen molar-refractivity contribution in [3.05, 3.63) is 77.6 Å². The van der Waals surface area contributed by atoms with Gasteiger partial charge in [0.2, 0.25) is 23.5 Å². The Hall–Kier alpha value is -4.68. The summed E-state index contributed by atoms with van der Waals surface area (Å²) in [5, 5.41) is 16.4. The number of hydrogen-bond donors (Lipinski definition) is 4. The first-order valence-electron chi connectivity index (χ1n) is 15.2. The molecule has 1 aliphatic carbocycles. The highest BCUT2D eigenvalue weighted by molar-refractivity contribution is 6.02. The average molecular weight is 647 g/mol. The topological polar surface area (TPSA) is 173 Å². The lowest BCUT2D eigenvalue weighted by Gasteiger charge is -2.35. The van der Waals surface area contributed by atoms with Gasteiger partial charge >= 0.3 is 0 Å². The number of primary amides is 1. The number of hydrogen-bond acceptors (Lipinski definition) is 7. The number of H-pyrrole nitrogens is 1. The van der Waals surface area contributed by atoms with Crippen LogP contribution >= 0.6 is 12.4 Å². The maximum Gasteiger partial charge on any atom is 0.240 e. The molecule has 1 aliphatic heterocycles. The SMILES string of the molecule is Cl.NCC1CCC(C(=O)N(c2ccc(-c3nn[nH]n3)c(F)c2)[C@@H](Cc2ccc(-c3ccc4c(c3)NC(=O)CC4)cc2)C(N)=O)CC1. The molecule has 6 N–H and O–H groups in total. The van der Waals surface area contributed by atoms with E-state index in [2.05, 4.69) is 25.9 Å². The molecule has 3 aromatic carbocycles. The third-order valence-corrected chi connectivity index (χ3v) is 8.95. The van der Waals surface area contributed by atoms with Gasteiger partial charge in [-0.25, -0.2) is 4.39 Å². The summed E-state index contributed by atoms with van der Waals surface area (Å²) in [4.78, 5) is 40.4. The highest BCUT2D eigenvalue weighted by Crippen LogP contribution is 2.34. The van der Waals surface area contributed by atoms with Crippen LogP contribution in [0.5, 0.6) is 0 Å². The van der Waals surface area contributed by atoms with E-state index in [4.69, 9.17) is 11.5 Å². The second-order valence-electron chi connectivity index (χ2n) is 11.8. The monoisotopic (exact) mass is 646 g/mol. The third kappa shape index (κ3) is 6.92. The van der Waals surface area contributed by atoms with Crippen LogP contribution in [0.1, 0.15) is 43.2 Å². The lowest BCUT2D eigenvalue weighted by Crippen LogP contribution is -2.52. The van der Waals surface area contributed by atoms with Crippen LogP contribution in [0.2, 0.25) is 0 Å². The molecular formula is C33H36ClFN8O3. The van der Waals surface area contributed by atoms with Crippen molar-refractivity contribution in [2.24, 2.45) is 23.3 Å². The van der Waals surface area contributed by atoms with Gasteiger partial charge in [-0.1, -0.05) is 36.4 Å². The van der Waals surface area contributed by atoms with Crippen molar-refractivity contribution in [2.75, 3.05) is 16.8 Å². The molecule has 4 aromatic rings. The lowest BCUT2D eigenvalue weighted by atomic mass is 9.81. The first-order chi connectivity index (χ1) is 21.8. The third-order valence-electron chi connectivity index (χ3n) is 8.95. The van der Waals surface area contributed by atoms with Gasteiger partial charge in [0.15, 0.2) is 0 Å². The normalized spacial score (nSPS) is 18.1. The average Bonchev–Trinajstić information content (AvgIpc) is 3.59. The summed E-state index contributed by atoms with van der Waals surface area (Å²) in [5.74, 6) is -1.54. The zero-order chi connectivity index (χ0) is 31.5. The summed E-state index contributed by atoms with van der Waals surface area (Å²) in [6, 6.07) is 16.8. The van der Waals surface area contributed by atoms with Gasteiger partial charge in [-0.3, -0.25) is 19.3 Å². The number of carbonyl (C=O) groups excluding carboxylic acids is 3. The molecule has 0 radical (unpaired) electrons. The van der Waals surface area contributed by atoms with Gasteiger partial charge in [0, 0.05) is 30.1 Å². The van der Waals surface area contributed by atoms with E-state index in [1.54, 1.807) is 6.07 Å². The van der Waals surface area contributed by atoms with Gasteiger partial charge in [0.25, 0.3) is 0 Å². The maximum atomic E-state index is 15.4. The van der Waals surface area contributed by atoms with Crippen LogP contribution in [0.15, 0.2) is 60.7 Å². The largest absolute Gasteiger partial charge is 0.368 e. The van der Waals surface area contributed by atoms with Gasteiger partial charge in [0.05, 0.1) is 5.56 Å². The molecule has 0 unspecified atom stereocenters. The van der Waals surface area contributed by atoms with Crippen LogP contribution in [0.4, 0.5) is 15.8 Å². The van der Waals surface area contributed by atoms with Crippen molar-refractivity contribution in [2.45, 2.75) is 51.0 Å². The summed E-state index contributed by atoms with van der Waals surface area (Å²) in [6.45, 7) is 0.563. The number of nitrogens with two attached hydrogens (primary N) is 2. The molecule has 2 aliphatic rings. The van der Waals surface area contributed by atoms with E-state index in [-0.39, 0.29) is 53.6 Å². The van der Waals surface area contributed by atoms with E-state index in [0.29, 0.717) is 38.1 Å². The van der Waals surface area contributed by atoms with E-state index in [9.17, 15) is 14.4 Å². The smallest absolute Gasteiger partial charge is 0.240 e. The number of aromatic nitrogens is 4. The fourth-order valence-electron chi connectivity index (χ4n) is 6.34. The highest BCUT2D eigenvalue weighted by atomic mass is 35.5. The number of benzene rings is 3. The fraction of sp³-hybridized carbons (Fsp3) is 0.333. The van der Waals surface area contributed by atoms with E-state index in [1.807, 2.05) is 42.5 Å². The number of carbonyl (C=O) groups is 3. The predicted octanol–water partition coefficient (Wildman–Crippen LogP) is 4.17. The number of amides is 3. The minimum absolute atomic E-state index is 0. The number of nitrogens with zero attached hydrogens (tertiary/aromatic N) is 4. The molecular weight excluding hydrogens is 611 g/mol. The van der Waals surface area contributed by atoms with E-state index < -0.39 is 17.8 Å². The van der Waals surface area contributed by atoms with Crippen LogP contribution in [-0.4, -0.2) is 50.9 Å². The number of nitrogens with one attached hydrogen (secondary N) is 2. The number of halogens is 2. The van der Waals surface area contributed by atoms with E-state index in [1.165, 1.54) is 17.0 Å². The van der Waals surface area contributed by atoms with Crippen molar-refractivity contribution >= 4 is 41.5 Å². The molecule has 1 aromatic heterocycles. The second kappa shape index (κ2) is 14.2. The van der Waals surface area contributed by atoms with Crippen molar-refractivity contribution in [3.63, 3.8) is 0 Å². The van der Waals surface area contributed by atoms with Gasteiger partial charge in [-0.2, -0.15) is 5.21 Å². The predicted molar refractivity (Wildman–Crippen MR) is 174 cm³/mol. The Balaban J connectivity index is 0.00000417. The molecule has 6 rings (SSSR count). The number of tetrazole rings is 1. The number of fused-ring (bicyclic) bond motifs is 1. The molecule has 2 heterocycles. The van der Waals surface area contributed by atoms with Crippen molar-refractivity contribution in [3.8, 4) is 22.5 Å². The fourth-order valence-corrected chi connectivity index (χ4v) is 6.34. The van der Waals surface area contributed by atoms with Crippen molar-refractivity contribution < 1.29 is 18.8 Å². The molecule has 11 nitrogen and oxygen atoms in total. The summed E-state index contributed by atoms with van der Waals surface area (Å²) >= 11 is 0. The lowest BCUT2D eigenvalue weighted by molar-refractivity contribution is -0.127. The number of aromatic amines is 1.